The van der Waals surface area contributed by atoms with Crippen molar-refractivity contribution in [2.24, 2.45) is 10.9 Å². The lowest BCUT2D eigenvalue weighted by molar-refractivity contribution is 0.0796. The standard InChI is InChI=1S/C23H32N2O2/c1-17-9-7-8-10-22(17)15-18(2)25(6)16-19(3)27-20(4)23(24-5)21-11-13-26-14-12-21/h7-10,15,19,21H,1-2,4,11-14,16H2,3,5-6H3/b22-15-,24-23+/t19-/m0/s1. The fraction of sp³-hybridized carbons (Fsp3) is 0.435. The molecule has 1 aliphatic heterocycles. The third-order valence-electron chi connectivity index (χ3n) is 4.88. The molecule has 4 heteroatoms. The highest BCUT2D eigenvalue weighted by Crippen LogP contribution is 2.21. The molecule has 0 radical (unpaired) electrons. The summed E-state index contributed by atoms with van der Waals surface area (Å²) in [4.78, 5) is 6.52. The predicted molar refractivity (Wildman–Crippen MR) is 114 cm³/mol. The van der Waals surface area contributed by atoms with Crippen molar-refractivity contribution in [2.45, 2.75) is 25.9 Å². The van der Waals surface area contributed by atoms with E-state index >= 15 is 0 Å². The first-order valence-corrected chi connectivity index (χ1v) is 9.48. The average Bonchev–Trinajstić information content (AvgIpc) is 2.64. The molecule has 1 saturated heterocycles. The summed E-state index contributed by atoms with van der Waals surface area (Å²) in [7, 11) is 3.82. The Bertz CT molecular complexity index is 791. The molecular weight excluding hydrogens is 336 g/mol. The highest BCUT2D eigenvalue weighted by Gasteiger charge is 2.23. The first-order chi connectivity index (χ1) is 12.9. The van der Waals surface area contributed by atoms with E-state index in [4.69, 9.17) is 9.47 Å². The van der Waals surface area contributed by atoms with E-state index in [-0.39, 0.29) is 6.10 Å². The van der Waals surface area contributed by atoms with Gasteiger partial charge in [0.2, 0.25) is 0 Å². The monoisotopic (exact) mass is 368 g/mol. The van der Waals surface area contributed by atoms with Crippen molar-refractivity contribution >= 4 is 18.4 Å². The number of ether oxygens (including phenoxy) is 2. The maximum Gasteiger partial charge on any atom is 0.133 e. The molecule has 0 bridgehead atoms. The van der Waals surface area contributed by atoms with Crippen LogP contribution in [0.1, 0.15) is 19.8 Å². The Labute approximate surface area is 163 Å². The van der Waals surface area contributed by atoms with Gasteiger partial charge in [0, 0.05) is 38.9 Å². The fourth-order valence-electron chi connectivity index (χ4n) is 3.31. The summed E-state index contributed by atoms with van der Waals surface area (Å²) in [5.41, 5.74) is 1.88. The van der Waals surface area contributed by atoms with Crippen LogP contribution in [-0.2, 0) is 9.47 Å². The van der Waals surface area contributed by atoms with Crippen molar-refractivity contribution in [1.29, 1.82) is 0 Å². The maximum atomic E-state index is 6.08. The van der Waals surface area contributed by atoms with Crippen molar-refractivity contribution in [1.82, 2.24) is 4.90 Å². The Morgan fingerprint density at radius 2 is 2.00 bits per heavy atom. The number of aliphatic imine (C=N–C) groups is 1. The molecule has 1 fully saturated rings. The quantitative estimate of drug-likeness (QED) is 0.523. The lowest BCUT2D eigenvalue weighted by Gasteiger charge is -2.28. The lowest BCUT2D eigenvalue weighted by atomic mass is 9.93. The van der Waals surface area contributed by atoms with Gasteiger partial charge in [-0.25, -0.2) is 0 Å². The van der Waals surface area contributed by atoms with Crippen LogP contribution in [0.25, 0.3) is 12.7 Å². The van der Waals surface area contributed by atoms with Crippen LogP contribution in [0.5, 0.6) is 0 Å². The minimum Gasteiger partial charge on any atom is -0.488 e. The lowest BCUT2D eigenvalue weighted by Crippen LogP contribution is -2.32. The molecule has 0 aliphatic carbocycles. The first kappa shape index (κ1) is 21.0. The van der Waals surface area contributed by atoms with E-state index in [9.17, 15) is 0 Å². The zero-order valence-corrected chi connectivity index (χ0v) is 16.9. The van der Waals surface area contributed by atoms with Crippen molar-refractivity contribution in [3.63, 3.8) is 0 Å². The second kappa shape index (κ2) is 10.1. The Kier molecular flexibility index (Phi) is 7.86. The number of hydrogen-bond donors (Lipinski definition) is 0. The van der Waals surface area contributed by atoms with Crippen LogP contribution in [0.3, 0.4) is 0 Å². The van der Waals surface area contributed by atoms with Gasteiger partial charge in [0.1, 0.15) is 11.9 Å². The molecule has 0 saturated carbocycles. The largest absolute Gasteiger partial charge is 0.488 e. The van der Waals surface area contributed by atoms with Gasteiger partial charge in [-0.05, 0) is 36.3 Å². The summed E-state index contributed by atoms with van der Waals surface area (Å²) in [6.45, 7) is 16.7. The number of allylic oxidation sites excluding steroid dienone is 2. The van der Waals surface area contributed by atoms with Crippen LogP contribution in [-0.4, -0.2) is 50.6 Å². The third-order valence-corrected chi connectivity index (χ3v) is 4.88. The average molecular weight is 369 g/mol. The summed E-state index contributed by atoms with van der Waals surface area (Å²) in [5.74, 6) is 1.04. The van der Waals surface area contributed by atoms with Crippen molar-refractivity contribution in [2.75, 3.05) is 33.9 Å². The van der Waals surface area contributed by atoms with E-state index in [1.807, 2.05) is 51.4 Å². The summed E-state index contributed by atoms with van der Waals surface area (Å²) in [6, 6.07) is 8.03. The minimum absolute atomic E-state index is 0.0285. The highest BCUT2D eigenvalue weighted by molar-refractivity contribution is 5.99. The van der Waals surface area contributed by atoms with Crippen LogP contribution in [0.15, 0.2) is 53.9 Å². The zero-order valence-electron chi connectivity index (χ0n) is 16.9. The van der Waals surface area contributed by atoms with Crippen LogP contribution >= 0.6 is 0 Å². The van der Waals surface area contributed by atoms with Crippen LogP contribution in [0.2, 0.25) is 0 Å². The van der Waals surface area contributed by atoms with Gasteiger partial charge < -0.3 is 14.4 Å². The second-order valence-electron chi connectivity index (χ2n) is 7.06. The molecule has 2 rings (SSSR count). The highest BCUT2D eigenvalue weighted by atomic mass is 16.5. The molecule has 146 valence electrons. The normalized spacial score (nSPS) is 17.4. The molecular formula is C23H32N2O2. The SMILES string of the molecule is C=C(O[C@@H](C)CN(C)C(=C)/C=c1/ccccc1=C)/C(=N\C)C1CCOCC1. The minimum atomic E-state index is -0.0285. The number of benzene rings is 1. The molecule has 1 aromatic carbocycles. The van der Waals surface area contributed by atoms with Gasteiger partial charge in [-0.15, -0.1) is 0 Å². The summed E-state index contributed by atoms with van der Waals surface area (Å²) in [5, 5.41) is 2.07. The predicted octanol–water partition coefficient (Wildman–Crippen LogP) is 2.74. The zero-order chi connectivity index (χ0) is 19.8. The van der Waals surface area contributed by atoms with Gasteiger partial charge in [-0.2, -0.15) is 0 Å². The number of rotatable bonds is 8. The van der Waals surface area contributed by atoms with E-state index in [1.165, 1.54) is 0 Å². The van der Waals surface area contributed by atoms with Crippen LogP contribution in [0, 0.1) is 5.92 Å². The Morgan fingerprint density at radius 3 is 2.63 bits per heavy atom. The van der Waals surface area contributed by atoms with Crippen molar-refractivity contribution in [3.8, 4) is 0 Å². The van der Waals surface area contributed by atoms with Gasteiger partial charge >= 0.3 is 0 Å². The summed E-state index contributed by atoms with van der Waals surface area (Å²) < 4.78 is 11.5. The molecule has 1 aromatic rings. The smallest absolute Gasteiger partial charge is 0.133 e. The maximum absolute atomic E-state index is 6.08. The molecule has 1 heterocycles. The molecule has 1 atom stereocenters. The Hall–Kier alpha value is -2.33. The second-order valence-corrected chi connectivity index (χ2v) is 7.06. The molecule has 0 aromatic heterocycles. The topological polar surface area (TPSA) is 34.1 Å². The van der Waals surface area contributed by atoms with Gasteiger partial charge in [-0.1, -0.05) is 44.0 Å². The number of nitrogens with zero attached hydrogens (tertiary/aromatic N) is 2. The van der Waals surface area contributed by atoms with Crippen LogP contribution < -0.4 is 10.4 Å². The Balaban J connectivity index is 1.93. The first-order valence-electron chi connectivity index (χ1n) is 9.48. The summed E-state index contributed by atoms with van der Waals surface area (Å²) >= 11 is 0. The van der Waals surface area contributed by atoms with Gasteiger partial charge in [0.05, 0.1) is 12.3 Å². The van der Waals surface area contributed by atoms with E-state index < -0.39 is 0 Å². The fourth-order valence-corrected chi connectivity index (χ4v) is 3.31. The van der Waals surface area contributed by atoms with E-state index in [0.29, 0.717) is 18.2 Å². The molecule has 0 spiro atoms. The number of hydrogen-bond acceptors (Lipinski definition) is 4. The third kappa shape index (κ3) is 6.10. The molecule has 27 heavy (non-hydrogen) atoms. The molecule has 4 nitrogen and oxygen atoms in total. The van der Waals surface area contributed by atoms with Crippen LogP contribution in [0.4, 0.5) is 0 Å². The Morgan fingerprint density at radius 1 is 1.33 bits per heavy atom. The van der Waals surface area contributed by atoms with Crippen molar-refractivity contribution in [3.05, 3.63) is 59.3 Å². The van der Waals surface area contributed by atoms with E-state index in [2.05, 4.69) is 29.6 Å². The van der Waals surface area contributed by atoms with E-state index in [1.54, 1.807) is 0 Å². The van der Waals surface area contributed by atoms with Crippen molar-refractivity contribution < 1.29 is 9.47 Å². The van der Waals surface area contributed by atoms with Gasteiger partial charge in [-0.3, -0.25) is 4.99 Å². The molecule has 1 aliphatic rings. The van der Waals surface area contributed by atoms with Gasteiger partial charge in [0.25, 0.3) is 0 Å². The summed E-state index contributed by atoms with van der Waals surface area (Å²) in [6.07, 6.45) is 3.96. The van der Waals surface area contributed by atoms with E-state index in [0.717, 1.165) is 47.9 Å². The number of likely N-dealkylation sites (N-methyl/N-ethyl adjacent to an activating group) is 1. The van der Waals surface area contributed by atoms with Gasteiger partial charge in [0.15, 0.2) is 0 Å². The molecule has 0 amide bonds. The molecule has 0 N–H and O–H groups in total. The molecule has 0 unspecified atom stereocenters.